The maximum atomic E-state index is 12.3. The smallest absolute Gasteiger partial charge is 0.264 e. The van der Waals surface area contributed by atoms with Gasteiger partial charge in [-0.05, 0) is 37.1 Å². The maximum absolute atomic E-state index is 12.3. The molecule has 2 unspecified atom stereocenters. The van der Waals surface area contributed by atoms with E-state index in [4.69, 9.17) is 0 Å². The van der Waals surface area contributed by atoms with Gasteiger partial charge in [0, 0.05) is 16.9 Å². The van der Waals surface area contributed by atoms with E-state index in [-0.39, 0.29) is 17.7 Å². The van der Waals surface area contributed by atoms with Crippen LogP contribution in [0.4, 0.5) is 0 Å². The first kappa shape index (κ1) is 14.4. The van der Waals surface area contributed by atoms with Gasteiger partial charge >= 0.3 is 0 Å². The van der Waals surface area contributed by atoms with E-state index in [2.05, 4.69) is 31.6 Å². The molecule has 2 heterocycles. The minimum Gasteiger partial charge on any atom is -0.316 e. The van der Waals surface area contributed by atoms with Crippen LogP contribution >= 0.6 is 15.9 Å². The van der Waals surface area contributed by atoms with Crippen LogP contribution in [0.15, 0.2) is 33.7 Å². The summed E-state index contributed by atoms with van der Waals surface area (Å²) in [4.78, 5) is 28.7. The normalized spacial score (nSPS) is 26.2. The SMILES string of the molecule is O=C1N=C(C2CCCNC2)NC(=O)C1c1cccc(Br)c1. The molecule has 3 rings (SSSR count). The Kier molecular flexibility index (Phi) is 4.17. The van der Waals surface area contributed by atoms with Crippen LogP contribution < -0.4 is 10.6 Å². The summed E-state index contributed by atoms with van der Waals surface area (Å²) in [6.45, 7) is 1.74. The molecule has 0 aliphatic carbocycles. The van der Waals surface area contributed by atoms with Gasteiger partial charge in [-0.3, -0.25) is 9.59 Å². The first-order valence-corrected chi connectivity index (χ1v) is 7.84. The maximum Gasteiger partial charge on any atom is 0.264 e. The molecule has 0 saturated carbocycles. The van der Waals surface area contributed by atoms with Gasteiger partial charge in [-0.15, -0.1) is 0 Å². The second kappa shape index (κ2) is 6.07. The highest BCUT2D eigenvalue weighted by atomic mass is 79.9. The van der Waals surface area contributed by atoms with Gasteiger partial charge in [-0.1, -0.05) is 28.1 Å². The van der Waals surface area contributed by atoms with E-state index in [1.54, 1.807) is 12.1 Å². The summed E-state index contributed by atoms with van der Waals surface area (Å²) in [5, 5.41) is 6.08. The van der Waals surface area contributed by atoms with Crippen molar-refractivity contribution in [2.75, 3.05) is 13.1 Å². The molecule has 2 aliphatic rings. The van der Waals surface area contributed by atoms with E-state index in [0.29, 0.717) is 11.4 Å². The minimum absolute atomic E-state index is 0.120. The Morgan fingerprint density at radius 3 is 2.81 bits per heavy atom. The topological polar surface area (TPSA) is 70.6 Å². The summed E-state index contributed by atoms with van der Waals surface area (Å²) in [5.74, 6) is -0.868. The number of nitrogens with zero attached hydrogens (tertiary/aromatic N) is 1. The predicted octanol–water partition coefficient (Wildman–Crippen LogP) is 1.59. The quantitative estimate of drug-likeness (QED) is 0.796. The molecular formula is C15H16BrN3O2. The number of benzene rings is 1. The lowest BCUT2D eigenvalue weighted by molar-refractivity contribution is -0.129. The number of carbonyl (C=O) groups excluding carboxylic acids is 2. The van der Waals surface area contributed by atoms with E-state index >= 15 is 0 Å². The van der Waals surface area contributed by atoms with Crippen molar-refractivity contribution in [2.24, 2.45) is 10.9 Å². The molecule has 2 amide bonds. The van der Waals surface area contributed by atoms with Gasteiger partial charge < -0.3 is 10.6 Å². The zero-order valence-corrected chi connectivity index (χ0v) is 13.0. The number of amides is 2. The number of hydrogen-bond donors (Lipinski definition) is 2. The molecule has 0 aromatic heterocycles. The van der Waals surface area contributed by atoms with Gasteiger partial charge in [0.1, 0.15) is 11.8 Å². The largest absolute Gasteiger partial charge is 0.316 e. The molecule has 0 radical (unpaired) electrons. The molecule has 1 saturated heterocycles. The molecule has 2 N–H and O–H groups in total. The fraction of sp³-hybridized carbons (Fsp3) is 0.400. The number of amidine groups is 1. The van der Waals surface area contributed by atoms with Crippen molar-refractivity contribution >= 4 is 33.6 Å². The third kappa shape index (κ3) is 3.06. The Morgan fingerprint density at radius 1 is 1.29 bits per heavy atom. The summed E-state index contributed by atoms with van der Waals surface area (Å²) < 4.78 is 0.840. The van der Waals surface area contributed by atoms with Gasteiger partial charge in [-0.2, -0.15) is 4.99 Å². The fourth-order valence-electron chi connectivity index (χ4n) is 2.78. The summed E-state index contributed by atoms with van der Waals surface area (Å²) in [7, 11) is 0. The third-order valence-electron chi connectivity index (χ3n) is 3.86. The van der Waals surface area contributed by atoms with Crippen molar-refractivity contribution in [2.45, 2.75) is 18.8 Å². The molecule has 2 atom stereocenters. The van der Waals surface area contributed by atoms with Crippen molar-refractivity contribution in [3.05, 3.63) is 34.3 Å². The fourth-order valence-corrected chi connectivity index (χ4v) is 3.20. The Bertz CT molecular complexity index is 609. The molecule has 2 aliphatic heterocycles. The highest BCUT2D eigenvalue weighted by Gasteiger charge is 2.35. The lowest BCUT2D eigenvalue weighted by Crippen LogP contribution is -2.49. The van der Waals surface area contributed by atoms with Crippen LogP contribution in [0, 0.1) is 5.92 Å². The number of carbonyl (C=O) groups is 2. The average molecular weight is 350 g/mol. The molecule has 1 aromatic rings. The van der Waals surface area contributed by atoms with Crippen LogP contribution in [0.5, 0.6) is 0 Å². The molecule has 0 bridgehead atoms. The van der Waals surface area contributed by atoms with Crippen LogP contribution in [0.1, 0.15) is 24.3 Å². The van der Waals surface area contributed by atoms with Crippen molar-refractivity contribution in [1.82, 2.24) is 10.6 Å². The molecule has 1 aromatic carbocycles. The Hall–Kier alpha value is -1.53. The van der Waals surface area contributed by atoms with E-state index in [9.17, 15) is 9.59 Å². The van der Waals surface area contributed by atoms with Crippen LogP contribution in [0.25, 0.3) is 0 Å². The summed E-state index contributed by atoms with van der Waals surface area (Å²) in [6.07, 6.45) is 1.98. The van der Waals surface area contributed by atoms with Gasteiger partial charge in [0.25, 0.3) is 5.91 Å². The molecule has 110 valence electrons. The monoisotopic (exact) mass is 349 g/mol. The van der Waals surface area contributed by atoms with Gasteiger partial charge in [0.15, 0.2) is 0 Å². The second-order valence-corrected chi connectivity index (χ2v) is 6.27. The number of aliphatic imine (C=N–C) groups is 1. The minimum atomic E-state index is -0.845. The average Bonchev–Trinajstić information content (AvgIpc) is 2.47. The predicted molar refractivity (Wildman–Crippen MR) is 83.1 cm³/mol. The van der Waals surface area contributed by atoms with Gasteiger partial charge in [-0.25, -0.2) is 0 Å². The lowest BCUT2D eigenvalue weighted by Gasteiger charge is -2.28. The third-order valence-corrected chi connectivity index (χ3v) is 4.35. The standard InChI is InChI=1S/C15H16BrN3O2/c16-11-5-1-3-9(7-11)12-14(20)18-13(19-15(12)21)10-4-2-6-17-8-10/h1,3,5,7,10,12,17H,2,4,6,8H2,(H,18,19,20,21). The zero-order valence-electron chi connectivity index (χ0n) is 11.4. The zero-order chi connectivity index (χ0) is 14.8. The number of rotatable bonds is 2. The molecular weight excluding hydrogens is 334 g/mol. The van der Waals surface area contributed by atoms with Crippen LogP contribution in [0.2, 0.25) is 0 Å². The van der Waals surface area contributed by atoms with Crippen molar-refractivity contribution in [1.29, 1.82) is 0 Å². The summed E-state index contributed by atoms with van der Waals surface area (Å²) in [6, 6.07) is 7.22. The molecule has 21 heavy (non-hydrogen) atoms. The highest BCUT2D eigenvalue weighted by molar-refractivity contribution is 9.10. The molecule has 6 heteroatoms. The second-order valence-electron chi connectivity index (χ2n) is 5.36. The van der Waals surface area contributed by atoms with E-state index in [1.807, 2.05) is 12.1 Å². The first-order chi connectivity index (χ1) is 10.1. The number of halogens is 1. The van der Waals surface area contributed by atoms with Crippen molar-refractivity contribution in [3.8, 4) is 0 Å². The van der Waals surface area contributed by atoms with Crippen molar-refractivity contribution in [3.63, 3.8) is 0 Å². The van der Waals surface area contributed by atoms with Crippen LogP contribution in [-0.4, -0.2) is 30.7 Å². The van der Waals surface area contributed by atoms with Crippen LogP contribution in [0.3, 0.4) is 0 Å². The van der Waals surface area contributed by atoms with Crippen molar-refractivity contribution < 1.29 is 9.59 Å². The van der Waals surface area contributed by atoms with E-state index in [1.165, 1.54) is 0 Å². The Balaban J connectivity index is 1.85. The Labute approximate surface area is 131 Å². The first-order valence-electron chi connectivity index (χ1n) is 7.04. The summed E-state index contributed by atoms with van der Waals surface area (Å²) >= 11 is 3.36. The van der Waals surface area contributed by atoms with Gasteiger partial charge in [0.05, 0.1) is 0 Å². The van der Waals surface area contributed by atoms with Crippen LogP contribution in [-0.2, 0) is 9.59 Å². The molecule has 1 fully saturated rings. The number of hydrogen-bond acceptors (Lipinski definition) is 3. The highest BCUT2D eigenvalue weighted by Crippen LogP contribution is 2.25. The Morgan fingerprint density at radius 2 is 2.14 bits per heavy atom. The number of nitrogens with one attached hydrogen (secondary N) is 2. The van der Waals surface area contributed by atoms with E-state index < -0.39 is 5.92 Å². The lowest BCUT2D eigenvalue weighted by atomic mass is 9.93. The molecule has 0 spiro atoms. The van der Waals surface area contributed by atoms with E-state index in [0.717, 1.165) is 30.4 Å². The summed E-state index contributed by atoms with van der Waals surface area (Å²) in [5.41, 5.74) is 0.663. The van der Waals surface area contributed by atoms with Gasteiger partial charge in [0.2, 0.25) is 5.91 Å². The molecule has 5 nitrogen and oxygen atoms in total. The number of piperidine rings is 1.